The second kappa shape index (κ2) is 4.96. The summed E-state index contributed by atoms with van der Waals surface area (Å²) in [5, 5.41) is 2.71. The highest BCUT2D eigenvalue weighted by atomic mass is 16.2. The number of hydrogen-bond acceptors (Lipinski definition) is 1. The molecule has 1 atom stereocenters. The Labute approximate surface area is 75.0 Å². The van der Waals surface area contributed by atoms with Crippen LogP contribution >= 0.6 is 0 Å². The van der Waals surface area contributed by atoms with Gasteiger partial charge in [0, 0.05) is 11.6 Å². The summed E-state index contributed by atoms with van der Waals surface area (Å²) in [4.78, 5) is 11.1. The van der Waals surface area contributed by atoms with Crippen molar-refractivity contribution in [3.05, 3.63) is 12.3 Å². The molecule has 0 aliphatic carbocycles. The first-order chi connectivity index (χ1) is 5.61. The predicted octanol–water partition coefficient (Wildman–Crippen LogP) is 2.32. The minimum Gasteiger partial charge on any atom is -0.330 e. The van der Waals surface area contributed by atoms with Crippen molar-refractivity contribution in [3.63, 3.8) is 0 Å². The normalized spacial score (nSPS) is 21.9. The van der Waals surface area contributed by atoms with Crippen LogP contribution in [0.2, 0.25) is 0 Å². The molecule has 1 N–H and O–H groups in total. The number of hydrogen-bond donors (Lipinski definition) is 1. The summed E-state index contributed by atoms with van der Waals surface area (Å²) in [6.45, 7) is 11.8. The fourth-order valence-electron chi connectivity index (χ4n) is 1.21. The van der Waals surface area contributed by atoms with E-state index >= 15 is 0 Å². The van der Waals surface area contributed by atoms with Gasteiger partial charge in [0.05, 0.1) is 0 Å². The fourth-order valence-corrected chi connectivity index (χ4v) is 1.21. The van der Waals surface area contributed by atoms with Gasteiger partial charge in [0.25, 0.3) is 0 Å². The summed E-state index contributed by atoms with van der Waals surface area (Å²) in [6, 6.07) is 0. The van der Waals surface area contributed by atoms with Crippen molar-refractivity contribution in [2.45, 2.75) is 34.1 Å². The van der Waals surface area contributed by atoms with Crippen LogP contribution in [0.3, 0.4) is 0 Å². The van der Waals surface area contributed by atoms with E-state index < -0.39 is 0 Å². The van der Waals surface area contributed by atoms with Crippen LogP contribution in [0.5, 0.6) is 0 Å². The first-order valence-electron chi connectivity index (χ1n) is 4.60. The van der Waals surface area contributed by atoms with Gasteiger partial charge in [-0.15, -0.1) is 0 Å². The van der Waals surface area contributed by atoms with Gasteiger partial charge in [-0.05, 0) is 12.3 Å². The van der Waals surface area contributed by atoms with E-state index in [1.807, 2.05) is 13.8 Å². The molecule has 0 bridgehead atoms. The van der Waals surface area contributed by atoms with Crippen LogP contribution < -0.4 is 5.32 Å². The summed E-state index contributed by atoms with van der Waals surface area (Å²) in [6.07, 6.45) is 0.816. The van der Waals surface area contributed by atoms with E-state index in [4.69, 9.17) is 0 Å². The van der Waals surface area contributed by atoms with Crippen LogP contribution in [0, 0.1) is 11.8 Å². The van der Waals surface area contributed by atoms with E-state index in [0.717, 1.165) is 12.1 Å². The summed E-state index contributed by atoms with van der Waals surface area (Å²) in [5.74, 6) is 0.728. The first-order valence-corrected chi connectivity index (χ1v) is 4.60. The molecule has 0 aromatic rings. The summed E-state index contributed by atoms with van der Waals surface area (Å²) in [5.41, 5.74) is 0.865. The molecule has 1 aliphatic heterocycles. The van der Waals surface area contributed by atoms with Gasteiger partial charge in [0.2, 0.25) is 5.91 Å². The molecular formula is C10H19NO. The largest absolute Gasteiger partial charge is 0.330 e. The number of carbonyl (C=O) groups excluding carboxylic acids is 1. The quantitative estimate of drug-likeness (QED) is 0.641. The predicted molar refractivity (Wildman–Crippen MR) is 51.6 cm³/mol. The number of amides is 1. The van der Waals surface area contributed by atoms with Crippen LogP contribution in [0.1, 0.15) is 34.1 Å². The Morgan fingerprint density at radius 2 is 2.00 bits per heavy atom. The molecule has 1 rings (SSSR count). The number of allylic oxidation sites excluding steroid dienone is 1. The highest BCUT2D eigenvalue weighted by Gasteiger charge is 2.28. The third-order valence-corrected chi connectivity index (χ3v) is 1.91. The zero-order valence-electron chi connectivity index (χ0n) is 8.48. The molecular weight excluding hydrogens is 150 g/mol. The van der Waals surface area contributed by atoms with Crippen molar-refractivity contribution in [2.24, 2.45) is 11.8 Å². The molecule has 1 unspecified atom stereocenters. The van der Waals surface area contributed by atoms with Gasteiger partial charge in [0.15, 0.2) is 0 Å². The second-order valence-corrected chi connectivity index (χ2v) is 3.15. The van der Waals surface area contributed by atoms with Crippen molar-refractivity contribution in [3.8, 4) is 0 Å². The molecule has 2 nitrogen and oxygen atoms in total. The molecule has 1 heterocycles. The fraction of sp³-hybridized carbons (Fsp3) is 0.700. The topological polar surface area (TPSA) is 29.1 Å². The summed E-state index contributed by atoms with van der Waals surface area (Å²) >= 11 is 0. The molecule has 1 amide bonds. The SMILES string of the molecule is C=C1CC(C(C)C)C(=O)N1.CC. The molecule has 1 fully saturated rings. The molecule has 0 saturated carbocycles. The highest BCUT2D eigenvalue weighted by molar-refractivity contribution is 5.83. The molecule has 0 spiro atoms. The molecule has 70 valence electrons. The van der Waals surface area contributed by atoms with E-state index in [9.17, 15) is 4.79 Å². The molecule has 1 saturated heterocycles. The van der Waals surface area contributed by atoms with Gasteiger partial charge >= 0.3 is 0 Å². The van der Waals surface area contributed by atoms with Crippen LogP contribution in [0.4, 0.5) is 0 Å². The zero-order chi connectivity index (χ0) is 9.72. The van der Waals surface area contributed by atoms with Gasteiger partial charge in [-0.25, -0.2) is 0 Å². The van der Waals surface area contributed by atoms with Crippen molar-refractivity contribution in [1.82, 2.24) is 5.32 Å². The molecule has 0 aromatic carbocycles. The Hall–Kier alpha value is -0.790. The average molecular weight is 169 g/mol. The van der Waals surface area contributed by atoms with Crippen LogP contribution in [-0.4, -0.2) is 5.91 Å². The first kappa shape index (κ1) is 11.2. The van der Waals surface area contributed by atoms with Crippen LogP contribution in [-0.2, 0) is 4.79 Å². The number of rotatable bonds is 1. The van der Waals surface area contributed by atoms with Crippen molar-refractivity contribution < 1.29 is 4.79 Å². The lowest BCUT2D eigenvalue weighted by Crippen LogP contribution is -2.21. The van der Waals surface area contributed by atoms with Crippen molar-refractivity contribution >= 4 is 5.91 Å². The van der Waals surface area contributed by atoms with Gasteiger partial charge < -0.3 is 5.32 Å². The third kappa shape index (κ3) is 2.68. The lowest BCUT2D eigenvalue weighted by molar-refractivity contribution is -0.123. The van der Waals surface area contributed by atoms with Crippen molar-refractivity contribution in [1.29, 1.82) is 0 Å². The van der Waals surface area contributed by atoms with Gasteiger partial charge in [0.1, 0.15) is 0 Å². The number of carbonyl (C=O) groups is 1. The zero-order valence-corrected chi connectivity index (χ0v) is 8.48. The maximum absolute atomic E-state index is 11.1. The molecule has 1 aliphatic rings. The third-order valence-electron chi connectivity index (χ3n) is 1.91. The van der Waals surface area contributed by atoms with Crippen molar-refractivity contribution in [2.75, 3.05) is 0 Å². The maximum Gasteiger partial charge on any atom is 0.227 e. The number of nitrogens with one attached hydrogen (secondary N) is 1. The standard InChI is InChI=1S/C8H13NO.C2H6/c1-5(2)7-4-6(3)9-8(7)10;1-2/h5,7H,3-4H2,1-2H3,(H,9,10);1-2H3. The molecule has 0 radical (unpaired) electrons. The van der Waals surface area contributed by atoms with Crippen LogP contribution in [0.15, 0.2) is 12.3 Å². The highest BCUT2D eigenvalue weighted by Crippen LogP contribution is 2.23. The Morgan fingerprint density at radius 3 is 2.17 bits per heavy atom. The Kier molecular flexibility index (Phi) is 4.64. The van der Waals surface area contributed by atoms with E-state index in [-0.39, 0.29) is 11.8 Å². The van der Waals surface area contributed by atoms with E-state index in [1.54, 1.807) is 0 Å². The van der Waals surface area contributed by atoms with Gasteiger partial charge in [-0.1, -0.05) is 34.3 Å². The van der Waals surface area contributed by atoms with Gasteiger partial charge in [-0.2, -0.15) is 0 Å². The Bertz CT molecular complexity index is 173. The van der Waals surface area contributed by atoms with Crippen LogP contribution in [0.25, 0.3) is 0 Å². The smallest absolute Gasteiger partial charge is 0.227 e. The lowest BCUT2D eigenvalue weighted by atomic mass is 9.94. The van der Waals surface area contributed by atoms with E-state index in [1.165, 1.54) is 0 Å². The Balaban J connectivity index is 0.000000561. The lowest BCUT2D eigenvalue weighted by Gasteiger charge is -2.08. The summed E-state index contributed by atoms with van der Waals surface area (Å²) < 4.78 is 0. The second-order valence-electron chi connectivity index (χ2n) is 3.15. The molecule has 12 heavy (non-hydrogen) atoms. The Morgan fingerprint density at radius 1 is 1.50 bits per heavy atom. The average Bonchev–Trinajstić information content (AvgIpc) is 2.34. The minimum atomic E-state index is 0.139. The summed E-state index contributed by atoms with van der Waals surface area (Å²) in [7, 11) is 0. The van der Waals surface area contributed by atoms with E-state index in [0.29, 0.717) is 5.92 Å². The van der Waals surface area contributed by atoms with Gasteiger partial charge in [-0.3, -0.25) is 4.79 Å². The minimum absolute atomic E-state index is 0.139. The molecule has 0 aromatic heterocycles. The van der Waals surface area contributed by atoms with E-state index in [2.05, 4.69) is 25.7 Å². The monoisotopic (exact) mass is 169 g/mol. The maximum atomic E-state index is 11.1. The molecule has 2 heteroatoms.